The average Bonchev–Trinajstić information content (AvgIpc) is 2.15. The highest BCUT2D eigenvalue weighted by Crippen LogP contribution is 2.35. The number of rotatable bonds is 3. The predicted molar refractivity (Wildman–Crippen MR) is 46.1 cm³/mol. The second-order valence-electron chi connectivity index (χ2n) is 2.91. The molecule has 1 rings (SSSR count). The Hall–Kier alpha value is -1.34. The Kier molecular flexibility index (Phi) is 3.40. The van der Waals surface area contributed by atoms with Gasteiger partial charge in [0.05, 0.1) is 6.20 Å². The fraction of sp³-hybridized carbons (Fsp3) is 0.375. The molecule has 2 radical (unpaired) electrons. The van der Waals surface area contributed by atoms with Gasteiger partial charge in [-0.05, 0) is 17.7 Å². The van der Waals surface area contributed by atoms with E-state index in [1.807, 2.05) is 0 Å². The van der Waals surface area contributed by atoms with E-state index in [-0.39, 0.29) is 11.3 Å². The summed E-state index contributed by atoms with van der Waals surface area (Å²) in [6, 6.07) is 2.37. The van der Waals surface area contributed by atoms with E-state index in [2.05, 4.69) is 9.72 Å². The highest BCUT2D eigenvalue weighted by atomic mass is 19.4. The van der Waals surface area contributed by atoms with Crippen LogP contribution in [0.1, 0.15) is 0 Å². The molecule has 0 unspecified atom stereocenters. The number of halogens is 5. The molecule has 16 heavy (non-hydrogen) atoms. The number of hydrogen-bond donors (Lipinski definition) is 0. The van der Waals surface area contributed by atoms with E-state index < -0.39 is 18.7 Å². The first-order valence-corrected chi connectivity index (χ1v) is 4.01. The van der Waals surface area contributed by atoms with Gasteiger partial charge >= 0.3 is 12.1 Å². The maximum atomic E-state index is 12.4. The molecular weight excluding hydrogens is 232 g/mol. The zero-order valence-corrected chi connectivity index (χ0v) is 7.76. The van der Waals surface area contributed by atoms with Crippen molar-refractivity contribution in [3.8, 4) is 5.75 Å². The molecule has 0 fully saturated rings. The minimum Gasteiger partial charge on any atom is -0.485 e. The Balaban J connectivity index is 2.61. The van der Waals surface area contributed by atoms with E-state index in [0.717, 1.165) is 12.3 Å². The van der Waals surface area contributed by atoms with Gasteiger partial charge < -0.3 is 4.74 Å². The maximum Gasteiger partial charge on any atom is 0.456 e. The van der Waals surface area contributed by atoms with Crippen LogP contribution in [0, 0.1) is 0 Å². The Morgan fingerprint density at radius 2 is 1.81 bits per heavy atom. The van der Waals surface area contributed by atoms with Crippen LogP contribution in [0.4, 0.5) is 22.0 Å². The van der Waals surface area contributed by atoms with E-state index in [9.17, 15) is 22.0 Å². The third-order valence-electron chi connectivity index (χ3n) is 1.59. The Bertz CT molecular complexity index is 350. The Morgan fingerprint density at radius 1 is 1.19 bits per heavy atom. The van der Waals surface area contributed by atoms with Crippen LogP contribution in [0.2, 0.25) is 0 Å². The Labute approximate surface area is 88.8 Å². The lowest BCUT2D eigenvalue weighted by molar-refractivity contribution is -0.290. The van der Waals surface area contributed by atoms with Gasteiger partial charge in [0.1, 0.15) is 13.6 Å². The van der Waals surface area contributed by atoms with Crippen LogP contribution in [0.25, 0.3) is 0 Å². The number of hydrogen-bond acceptors (Lipinski definition) is 2. The van der Waals surface area contributed by atoms with Crippen molar-refractivity contribution in [2.45, 2.75) is 12.1 Å². The van der Waals surface area contributed by atoms with Crippen LogP contribution >= 0.6 is 0 Å². The number of pyridine rings is 1. The quantitative estimate of drug-likeness (QED) is 0.586. The molecular formula is C8H5BF5NO. The predicted octanol–water partition coefficient (Wildman–Crippen LogP) is 1.45. The molecule has 0 aromatic carbocycles. The van der Waals surface area contributed by atoms with E-state index in [1.54, 1.807) is 0 Å². The van der Waals surface area contributed by atoms with E-state index in [1.165, 1.54) is 6.07 Å². The summed E-state index contributed by atoms with van der Waals surface area (Å²) in [5, 5.41) is 0. The van der Waals surface area contributed by atoms with Crippen LogP contribution in [0.3, 0.4) is 0 Å². The van der Waals surface area contributed by atoms with Crippen molar-refractivity contribution >= 4 is 13.4 Å². The molecule has 86 valence electrons. The van der Waals surface area contributed by atoms with Gasteiger partial charge in [0.15, 0.2) is 6.61 Å². The standard InChI is InChI=1S/C8H5BF5NO/c9-6-2-1-5(3-15-6)16-4-7(10,11)8(12,13)14/h1-3H,4H2. The number of ether oxygens (including phenoxy) is 1. The summed E-state index contributed by atoms with van der Waals surface area (Å²) in [6.07, 6.45) is -4.67. The lowest BCUT2D eigenvalue weighted by atomic mass is 10.0. The van der Waals surface area contributed by atoms with Gasteiger partial charge in [-0.3, -0.25) is 4.98 Å². The fourth-order valence-corrected chi connectivity index (χ4v) is 0.733. The largest absolute Gasteiger partial charge is 0.485 e. The average molecular weight is 237 g/mol. The van der Waals surface area contributed by atoms with Crippen LogP contribution in [0.5, 0.6) is 5.75 Å². The van der Waals surface area contributed by atoms with Gasteiger partial charge in [0.25, 0.3) is 0 Å². The van der Waals surface area contributed by atoms with Gasteiger partial charge in [-0.25, -0.2) is 0 Å². The van der Waals surface area contributed by atoms with E-state index in [4.69, 9.17) is 7.85 Å². The van der Waals surface area contributed by atoms with Gasteiger partial charge in [0.2, 0.25) is 0 Å². The van der Waals surface area contributed by atoms with Gasteiger partial charge in [-0.2, -0.15) is 22.0 Å². The molecule has 1 heterocycles. The fourth-order valence-electron chi connectivity index (χ4n) is 0.733. The topological polar surface area (TPSA) is 22.1 Å². The third kappa shape index (κ3) is 3.08. The first-order valence-electron chi connectivity index (χ1n) is 4.01. The molecule has 0 aliphatic heterocycles. The van der Waals surface area contributed by atoms with Crippen molar-refractivity contribution in [3.63, 3.8) is 0 Å². The molecule has 0 bridgehead atoms. The molecule has 0 N–H and O–H groups in total. The highest BCUT2D eigenvalue weighted by Gasteiger charge is 2.58. The second kappa shape index (κ2) is 4.27. The van der Waals surface area contributed by atoms with Gasteiger partial charge in [0, 0.05) is 0 Å². The van der Waals surface area contributed by atoms with Crippen LogP contribution in [-0.2, 0) is 0 Å². The molecule has 0 aliphatic carbocycles. The SMILES string of the molecule is [B]c1ccc(OCC(F)(F)C(F)(F)F)cn1. The summed E-state index contributed by atoms with van der Waals surface area (Å²) in [5.41, 5.74) is 0.106. The summed E-state index contributed by atoms with van der Waals surface area (Å²) in [4.78, 5) is 3.47. The maximum absolute atomic E-state index is 12.4. The van der Waals surface area contributed by atoms with Gasteiger partial charge in [-0.1, -0.05) is 0 Å². The normalized spacial score (nSPS) is 12.6. The first-order chi connectivity index (χ1) is 7.22. The minimum atomic E-state index is -5.63. The molecule has 0 spiro atoms. The van der Waals surface area contributed by atoms with Crippen molar-refractivity contribution in [1.82, 2.24) is 4.98 Å². The zero-order chi connectivity index (χ0) is 12.4. The first kappa shape index (κ1) is 12.7. The monoisotopic (exact) mass is 237 g/mol. The number of nitrogens with zero attached hydrogens (tertiary/aromatic N) is 1. The summed E-state index contributed by atoms with van der Waals surface area (Å²) in [7, 11) is 5.18. The number of alkyl halides is 5. The lowest BCUT2D eigenvalue weighted by Gasteiger charge is -2.19. The molecule has 1 aromatic rings. The molecule has 2 nitrogen and oxygen atoms in total. The summed E-state index contributed by atoms with van der Waals surface area (Å²) in [5.74, 6) is -5.10. The Morgan fingerprint density at radius 3 is 2.25 bits per heavy atom. The van der Waals surface area contributed by atoms with Crippen molar-refractivity contribution < 1.29 is 26.7 Å². The van der Waals surface area contributed by atoms with Crippen molar-refractivity contribution in [2.75, 3.05) is 6.61 Å². The third-order valence-corrected chi connectivity index (χ3v) is 1.59. The molecule has 0 saturated heterocycles. The molecule has 8 heteroatoms. The smallest absolute Gasteiger partial charge is 0.456 e. The highest BCUT2D eigenvalue weighted by molar-refractivity contribution is 6.30. The van der Waals surface area contributed by atoms with Crippen molar-refractivity contribution in [2.24, 2.45) is 0 Å². The van der Waals surface area contributed by atoms with Crippen molar-refractivity contribution in [3.05, 3.63) is 18.3 Å². The summed E-state index contributed by atoms with van der Waals surface area (Å²) >= 11 is 0. The molecule has 1 aromatic heterocycles. The van der Waals surface area contributed by atoms with Crippen LogP contribution in [-0.4, -0.2) is 31.5 Å². The van der Waals surface area contributed by atoms with Crippen LogP contribution in [0.15, 0.2) is 18.3 Å². The van der Waals surface area contributed by atoms with Gasteiger partial charge in [-0.15, -0.1) is 0 Å². The minimum absolute atomic E-state index is 0.106. The molecule has 0 aliphatic rings. The summed E-state index contributed by atoms with van der Waals surface area (Å²) in [6.45, 7) is -1.79. The van der Waals surface area contributed by atoms with Crippen LogP contribution < -0.4 is 10.3 Å². The molecule has 0 atom stereocenters. The lowest BCUT2D eigenvalue weighted by Crippen LogP contribution is -2.41. The molecule has 0 amide bonds. The number of aromatic nitrogens is 1. The summed E-state index contributed by atoms with van der Waals surface area (Å²) < 4.78 is 64.3. The second-order valence-corrected chi connectivity index (χ2v) is 2.91. The van der Waals surface area contributed by atoms with E-state index in [0.29, 0.717) is 0 Å². The van der Waals surface area contributed by atoms with Crippen molar-refractivity contribution in [1.29, 1.82) is 0 Å². The molecule has 0 saturated carbocycles. The zero-order valence-electron chi connectivity index (χ0n) is 7.76. The van der Waals surface area contributed by atoms with E-state index >= 15 is 0 Å².